The van der Waals surface area contributed by atoms with Gasteiger partial charge in [0.05, 0.1) is 13.2 Å². The van der Waals surface area contributed by atoms with Crippen molar-refractivity contribution in [2.75, 3.05) is 12.4 Å². The quantitative estimate of drug-likeness (QED) is 0.899. The molecule has 0 radical (unpaired) electrons. The highest BCUT2D eigenvalue weighted by Gasteiger charge is 2.21. The van der Waals surface area contributed by atoms with E-state index in [1.165, 1.54) is 24.3 Å². The van der Waals surface area contributed by atoms with E-state index in [0.717, 1.165) is 18.5 Å². The molecule has 3 rings (SSSR count). The molecular formula is C16H16FNO. The number of benzene rings is 2. The summed E-state index contributed by atoms with van der Waals surface area (Å²) in [7, 11) is 1.47. The van der Waals surface area contributed by atoms with Crippen LogP contribution in [0.2, 0.25) is 0 Å². The van der Waals surface area contributed by atoms with E-state index in [0.29, 0.717) is 0 Å². The first kappa shape index (κ1) is 12.0. The largest absolute Gasteiger partial charge is 0.494 e. The van der Waals surface area contributed by atoms with Crippen molar-refractivity contribution in [3.05, 3.63) is 59.4 Å². The van der Waals surface area contributed by atoms with Crippen LogP contribution in [0.15, 0.2) is 42.5 Å². The van der Waals surface area contributed by atoms with Crippen molar-refractivity contribution < 1.29 is 9.13 Å². The van der Waals surface area contributed by atoms with Crippen molar-refractivity contribution in [1.82, 2.24) is 0 Å². The second-order valence-electron chi connectivity index (χ2n) is 4.78. The first-order valence-corrected chi connectivity index (χ1v) is 6.46. The van der Waals surface area contributed by atoms with Crippen molar-refractivity contribution in [2.24, 2.45) is 0 Å². The minimum absolute atomic E-state index is 0.268. The van der Waals surface area contributed by atoms with Crippen LogP contribution in [0.25, 0.3) is 0 Å². The number of nitrogens with one attached hydrogen (secondary N) is 1. The molecule has 19 heavy (non-hydrogen) atoms. The molecule has 0 spiro atoms. The average Bonchev–Trinajstić information content (AvgIpc) is 2.83. The van der Waals surface area contributed by atoms with E-state index in [2.05, 4.69) is 23.5 Å². The standard InChI is InChI=1S/C16H16FNO/c1-19-16-9-7-12(10-14(16)17)18-15-8-6-11-4-2-3-5-13(11)15/h2-5,7,9-10,15,18H,6,8H2,1H3. The molecule has 3 heteroatoms. The number of methoxy groups -OCH3 is 1. The molecule has 0 aliphatic heterocycles. The van der Waals surface area contributed by atoms with Gasteiger partial charge >= 0.3 is 0 Å². The van der Waals surface area contributed by atoms with Gasteiger partial charge in [-0.2, -0.15) is 0 Å². The summed E-state index contributed by atoms with van der Waals surface area (Å²) in [6.07, 6.45) is 2.12. The molecule has 0 amide bonds. The van der Waals surface area contributed by atoms with Gasteiger partial charge in [0.25, 0.3) is 0 Å². The third-order valence-electron chi connectivity index (χ3n) is 3.63. The molecule has 0 bridgehead atoms. The van der Waals surface area contributed by atoms with Crippen LogP contribution < -0.4 is 10.1 Å². The van der Waals surface area contributed by atoms with Gasteiger partial charge in [0.2, 0.25) is 0 Å². The van der Waals surface area contributed by atoms with Gasteiger partial charge in [-0.05, 0) is 36.1 Å². The van der Waals surface area contributed by atoms with E-state index < -0.39 is 0 Å². The number of fused-ring (bicyclic) bond motifs is 1. The SMILES string of the molecule is COc1ccc(NC2CCc3ccccc32)cc1F. The zero-order chi connectivity index (χ0) is 13.2. The van der Waals surface area contributed by atoms with Crippen molar-refractivity contribution in [1.29, 1.82) is 0 Å². The lowest BCUT2D eigenvalue weighted by molar-refractivity contribution is 0.386. The number of aryl methyl sites for hydroxylation is 1. The maximum Gasteiger partial charge on any atom is 0.167 e. The summed E-state index contributed by atoms with van der Waals surface area (Å²) in [5.41, 5.74) is 3.49. The Balaban J connectivity index is 1.81. The fourth-order valence-electron chi connectivity index (χ4n) is 2.66. The predicted molar refractivity (Wildman–Crippen MR) is 74.1 cm³/mol. The van der Waals surface area contributed by atoms with Crippen LogP contribution >= 0.6 is 0 Å². The van der Waals surface area contributed by atoms with Crippen molar-refractivity contribution >= 4 is 5.69 Å². The van der Waals surface area contributed by atoms with Crippen molar-refractivity contribution in [2.45, 2.75) is 18.9 Å². The summed E-state index contributed by atoms with van der Waals surface area (Å²) in [4.78, 5) is 0. The molecule has 2 aromatic rings. The number of rotatable bonds is 3. The van der Waals surface area contributed by atoms with E-state index in [9.17, 15) is 4.39 Å². The van der Waals surface area contributed by atoms with Crippen LogP contribution in [0, 0.1) is 5.82 Å². The van der Waals surface area contributed by atoms with Gasteiger partial charge in [-0.25, -0.2) is 4.39 Å². The zero-order valence-corrected chi connectivity index (χ0v) is 10.8. The fraction of sp³-hybridized carbons (Fsp3) is 0.250. The lowest BCUT2D eigenvalue weighted by atomic mass is 10.1. The molecule has 1 unspecified atom stereocenters. The predicted octanol–water partition coefficient (Wildman–Crippen LogP) is 3.93. The number of anilines is 1. The van der Waals surface area contributed by atoms with Crippen molar-refractivity contribution in [3.63, 3.8) is 0 Å². The van der Waals surface area contributed by atoms with Gasteiger partial charge in [-0.3, -0.25) is 0 Å². The second-order valence-corrected chi connectivity index (χ2v) is 4.78. The highest BCUT2D eigenvalue weighted by atomic mass is 19.1. The van der Waals surface area contributed by atoms with Crippen LogP contribution in [0.5, 0.6) is 5.75 Å². The number of halogens is 1. The lowest BCUT2D eigenvalue weighted by Crippen LogP contribution is -2.07. The molecule has 1 atom stereocenters. The van der Waals surface area contributed by atoms with Crippen LogP contribution in [-0.2, 0) is 6.42 Å². The highest BCUT2D eigenvalue weighted by Crippen LogP contribution is 2.34. The summed E-state index contributed by atoms with van der Waals surface area (Å²) < 4.78 is 18.6. The van der Waals surface area contributed by atoms with Gasteiger partial charge in [0, 0.05) is 11.8 Å². The molecule has 2 nitrogen and oxygen atoms in total. The summed E-state index contributed by atoms with van der Waals surface area (Å²) >= 11 is 0. The Bertz CT molecular complexity index is 597. The van der Waals surface area contributed by atoms with Crippen molar-refractivity contribution in [3.8, 4) is 5.75 Å². The van der Waals surface area contributed by atoms with Gasteiger partial charge in [-0.15, -0.1) is 0 Å². The smallest absolute Gasteiger partial charge is 0.167 e. The molecule has 98 valence electrons. The Morgan fingerprint density at radius 1 is 1.21 bits per heavy atom. The van der Waals surface area contributed by atoms with Gasteiger partial charge in [0.15, 0.2) is 11.6 Å². The Labute approximate surface area is 112 Å². The van der Waals surface area contributed by atoms with Gasteiger partial charge in [0.1, 0.15) is 0 Å². The normalized spacial score (nSPS) is 17.1. The molecular weight excluding hydrogens is 241 g/mol. The third-order valence-corrected chi connectivity index (χ3v) is 3.63. The minimum atomic E-state index is -0.334. The molecule has 1 aliphatic rings. The van der Waals surface area contributed by atoms with E-state index in [-0.39, 0.29) is 17.6 Å². The number of ether oxygens (including phenoxy) is 1. The fourth-order valence-corrected chi connectivity index (χ4v) is 2.66. The van der Waals surface area contributed by atoms with E-state index in [1.54, 1.807) is 6.07 Å². The monoisotopic (exact) mass is 257 g/mol. The zero-order valence-electron chi connectivity index (χ0n) is 10.8. The van der Waals surface area contributed by atoms with Crippen LogP contribution in [-0.4, -0.2) is 7.11 Å². The van der Waals surface area contributed by atoms with Gasteiger partial charge in [-0.1, -0.05) is 24.3 Å². The maximum absolute atomic E-state index is 13.7. The summed E-state index contributed by atoms with van der Waals surface area (Å²) in [6, 6.07) is 13.7. The topological polar surface area (TPSA) is 21.3 Å². The summed E-state index contributed by atoms with van der Waals surface area (Å²) in [6.45, 7) is 0. The van der Waals surface area contributed by atoms with E-state index in [1.807, 2.05) is 12.1 Å². The van der Waals surface area contributed by atoms with E-state index in [4.69, 9.17) is 4.74 Å². The molecule has 1 aliphatic carbocycles. The number of hydrogen-bond acceptors (Lipinski definition) is 2. The first-order chi connectivity index (χ1) is 9.28. The Morgan fingerprint density at radius 2 is 2.05 bits per heavy atom. The molecule has 0 heterocycles. The van der Waals surface area contributed by atoms with Crippen LogP contribution in [0.3, 0.4) is 0 Å². The Kier molecular flexibility index (Phi) is 3.11. The highest BCUT2D eigenvalue weighted by molar-refractivity contribution is 5.50. The average molecular weight is 257 g/mol. The second kappa shape index (κ2) is 4.92. The molecule has 0 fully saturated rings. The minimum Gasteiger partial charge on any atom is -0.494 e. The maximum atomic E-state index is 13.7. The molecule has 0 saturated heterocycles. The summed E-state index contributed by atoms with van der Waals surface area (Å²) in [5.74, 6) is -0.0591. The summed E-state index contributed by atoms with van der Waals surface area (Å²) in [5, 5.41) is 3.39. The van der Waals surface area contributed by atoms with Crippen LogP contribution in [0.4, 0.5) is 10.1 Å². The van der Waals surface area contributed by atoms with Gasteiger partial charge < -0.3 is 10.1 Å². The molecule has 2 aromatic carbocycles. The molecule has 0 saturated carbocycles. The number of hydrogen-bond donors (Lipinski definition) is 1. The lowest BCUT2D eigenvalue weighted by Gasteiger charge is -2.16. The molecule has 1 N–H and O–H groups in total. The molecule has 0 aromatic heterocycles. The Morgan fingerprint density at radius 3 is 2.84 bits per heavy atom. The van der Waals surface area contributed by atoms with Crippen LogP contribution in [0.1, 0.15) is 23.6 Å². The third kappa shape index (κ3) is 2.28. The van der Waals surface area contributed by atoms with E-state index >= 15 is 0 Å². The Hall–Kier alpha value is -2.03. The first-order valence-electron chi connectivity index (χ1n) is 6.46.